The van der Waals surface area contributed by atoms with Crippen molar-refractivity contribution < 1.29 is 9.59 Å². The highest BCUT2D eigenvalue weighted by Gasteiger charge is 2.17. The summed E-state index contributed by atoms with van der Waals surface area (Å²) in [5.74, 6) is -0.534. The zero-order valence-electron chi connectivity index (χ0n) is 15.3. The number of nitrogens with two attached hydrogens (primary N) is 1. The predicted octanol–water partition coefficient (Wildman–Crippen LogP) is 2.31. The summed E-state index contributed by atoms with van der Waals surface area (Å²) in [5.41, 5.74) is 8.81. The van der Waals surface area contributed by atoms with Gasteiger partial charge in [-0.25, -0.2) is 0 Å². The first-order valence-electron chi connectivity index (χ1n) is 8.26. The van der Waals surface area contributed by atoms with Crippen molar-refractivity contribution in [2.45, 2.75) is 26.4 Å². The summed E-state index contributed by atoms with van der Waals surface area (Å²) in [4.78, 5) is 27.6. The number of rotatable bonds is 7. The SMILES string of the molecule is CC(C)[C@H](N)C(=O)NCC(=O)NCc1ccc(-c2cccnc2)cc1.Cl.Cl. The molecule has 2 aromatic rings. The van der Waals surface area contributed by atoms with E-state index in [1.54, 1.807) is 12.4 Å². The lowest BCUT2D eigenvalue weighted by Gasteiger charge is -2.15. The van der Waals surface area contributed by atoms with E-state index in [4.69, 9.17) is 5.73 Å². The Hall–Kier alpha value is -2.15. The molecule has 0 saturated heterocycles. The van der Waals surface area contributed by atoms with Gasteiger partial charge in [0.1, 0.15) is 0 Å². The molecule has 1 aromatic carbocycles. The summed E-state index contributed by atoms with van der Waals surface area (Å²) in [6.45, 7) is 4.05. The summed E-state index contributed by atoms with van der Waals surface area (Å²) in [6, 6.07) is 11.2. The van der Waals surface area contributed by atoms with Gasteiger partial charge in [0, 0.05) is 18.9 Å². The molecule has 0 saturated carbocycles. The Morgan fingerprint density at radius 3 is 2.26 bits per heavy atom. The van der Waals surface area contributed by atoms with Crippen LogP contribution >= 0.6 is 24.8 Å². The average Bonchev–Trinajstić information content (AvgIpc) is 2.64. The fourth-order valence-electron chi connectivity index (χ4n) is 2.20. The van der Waals surface area contributed by atoms with Crippen molar-refractivity contribution in [3.63, 3.8) is 0 Å². The van der Waals surface area contributed by atoms with Crippen molar-refractivity contribution in [3.05, 3.63) is 54.4 Å². The molecule has 2 rings (SSSR count). The van der Waals surface area contributed by atoms with Crippen LogP contribution in [0.3, 0.4) is 0 Å². The highest BCUT2D eigenvalue weighted by molar-refractivity contribution is 5.87. The molecule has 0 aliphatic heterocycles. The van der Waals surface area contributed by atoms with Crippen LogP contribution in [0.4, 0.5) is 0 Å². The van der Waals surface area contributed by atoms with Crippen LogP contribution in [0.1, 0.15) is 19.4 Å². The number of amides is 2. The monoisotopic (exact) mass is 412 g/mol. The molecule has 6 nitrogen and oxygen atoms in total. The Labute approximate surface area is 172 Å². The first-order valence-corrected chi connectivity index (χ1v) is 8.26. The number of carbonyl (C=O) groups is 2. The van der Waals surface area contributed by atoms with Gasteiger partial charge in [-0.05, 0) is 28.7 Å². The summed E-state index contributed by atoms with van der Waals surface area (Å²) >= 11 is 0. The normalized spacial score (nSPS) is 11.0. The smallest absolute Gasteiger partial charge is 0.239 e. The fourth-order valence-corrected chi connectivity index (χ4v) is 2.20. The van der Waals surface area contributed by atoms with Gasteiger partial charge < -0.3 is 16.4 Å². The van der Waals surface area contributed by atoms with E-state index in [0.717, 1.165) is 16.7 Å². The maximum atomic E-state index is 11.8. The third-order valence-corrected chi connectivity index (χ3v) is 3.88. The lowest BCUT2D eigenvalue weighted by atomic mass is 10.1. The zero-order valence-corrected chi connectivity index (χ0v) is 17.0. The third-order valence-electron chi connectivity index (χ3n) is 3.88. The minimum Gasteiger partial charge on any atom is -0.350 e. The number of halogens is 2. The molecule has 148 valence electrons. The van der Waals surface area contributed by atoms with Crippen LogP contribution in [-0.2, 0) is 16.1 Å². The van der Waals surface area contributed by atoms with Crippen molar-refractivity contribution in [2.24, 2.45) is 11.7 Å². The molecule has 2 amide bonds. The highest BCUT2D eigenvalue weighted by Crippen LogP contribution is 2.18. The fraction of sp³-hybridized carbons (Fsp3) is 0.316. The number of hydrogen-bond acceptors (Lipinski definition) is 4. The van der Waals surface area contributed by atoms with E-state index < -0.39 is 6.04 Å². The number of carbonyl (C=O) groups excluding carboxylic acids is 2. The molecular formula is C19H26Cl2N4O2. The number of aromatic nitrogens is 1. The minimum absolute atomic E-state index is 0. The lowest BCUT2D eigenvalue weighted by Crippen LogP contribution is -2.47. The third kappa shape index (κ3) is 7.95. The first-order chi connectivity index (χ1) is 12.0. The Morgan fingerprint density at radius 1 is 1.04 bits per heavy atom. The molecule has 0 aliphatic carbocycles. The molecule has 1 atom stereocenters. The van der Waals surface area contributed by atoms with Crippen molar-refractivity contribution >= 4 is 36.6 Å². The van der Waals surface area contributed by atoms with Crippen LogP contribution in [0.5, 0.6) is 0 Å². The second kappa shape index (κ2) is 12.3. The topological polar surface area (TPSA) is 97.1 Å². The molecule has 1 heterocycles. The highest BCUT2D eigenvalue weighted by atomic mass is 35.5. The summed E-state index contributed by atoms with van der Waals surface area (Å²) in [5, 5.41) is 5.32. The quantitative estimate of drug-likeness (QED) is 0.649. The molecule has 8 heteroatoms. The molecule has 27 heavy (non-hydrogen) atoms. The van der Waals surface area contributed by atoms with Crippen molar-refractivity contribution in [2.75, 3.05) is 6.54 Å². The second-order valence-electron chi connectivity index (χ2n) is 6.20. The molecule has 0 bridgehead atoms. The Balaban J connectivity index is 0.00000338. The van der Waals surface area contributed by atoms with Gasteiger partial charge in [0.05, 0.1) is 12.6 Å². The van der Waals surface area contributed by atoms with Crippen molar-refractivity contribution in [1.29, 1.82) is 0 Å². The number of hydrogen-bond donors (Lipinski definition) is 3. The number of nitrogens with one attached hydrogen (secondary N) is 2. The zero-order chi connectivity index (χ0) is 18.2. The van der Waals surface area contributed by atoms with Gasteiger partial charge in [0.15, 0.2) is 0 Å². The molecule has 0 unspecified atom stereocenters. The van der Waals surface area contributed by atoms with Crippen LogP contribution in [-0.4, -0.2) is 29.4 Å². The molecular weight excluding hydrogens is 387 g/mol. The number of benzene rings is 1. The average molecular weight is 413 g/mol. The molecule has 0 aliphatic rings. The Morgan fingerprint density at radius 2 is 1.70 bits per heavy atom. The predicted molar refractivity (Wildman–Crippen MR) is 112 cm³/mol. The molecule has 0 spiro atoms. The second-order valence-corrected chi connectivity index (χ2v) is 6.20. The van der Waals surface area contributed by atoms with Gasteiger partial charge in [-0.2, -0.15) is 0 Å². The number of pyridine rings is 1. The van der Waals surface area contributed by atoms with Crippen molar-refractivity contribution in [1.82, 2.24) is 15.6 Å². The summed E-state index contributed by atoms with van der Waals surface area (Å²) in [7, 11) is 0. The van der Waals surface area contributed by atoms with Gasteiger partial charge in [0.25, 0.3) is 0 Å². The molecule has 0 radical (unpaired) electrons. The largest absolute Gasteiger partial charge is 0.350 e. The van der Waals surface area contributed by atoms with Gasteiger partial charge in [0.2, 0.25) is 11.8 Å². The maximum Gasteiger partial charge on any atom is 0.239 e. The van der Waals surface area contributed by atoms with Crippen LogP contribution in [0.25, 0.3) is 11.1 Å². The van der Waals surface area contributed by atoms with Crippen molar-refractivity contribution in [3.8, 4) is 11.1 Å². The maximum absolute atomic E-state index is 11.8. The van der Waals surface area contributed by atoms with Crippen LogP contribution in [0.15, 0.2) is 48.8 Å². The summed E-state index contributed by atoms with van der Waals surface area (Å²) < 4.78 is 0. The molecule has 4 N–H and O–H groups in total. The van der Waals surface area contributed by atoms with E-state index in [0.29, 0.717) is 6.54 Å². The van der Waals surface area contributed by atoms with E-state index >= 15 is 0 Å². The van der Waals surface area contributed by atoms with Gasteiger partial charge in [-0.1, -0.05) is 44.2 Å². The Bertz CT molecular complexity index is 709. The molecule has 1 aromatic heterocycles. The first kappa shape index (κ1) is 24.8. The van der Waals surface area contributed by atoms with Gasteiger partial charge in [-0.3, -0.25) is 14.6 Å². The lowest BCUT2D eigenvalue weighted by molar-refractivity contribution is -0.127. The van der Waals surface area contributed by atoms with E-state index in [1.165, 1.54) is 0 Å². The number of nitrogens with zero attached hydrogens (tertiary/aromatic N) is 1. The summed E-state index contributed by atoms with van der Waals surface area (Å²) in [6.07, 6.45) is 3.54. The van der Waals surface area contributed by atoms with Gasteiger partial charge >= 0.3 is 0 Å². The van der Waals surface area contributed by atoms with E-state index in [1.807, 2.05) is 50.2 Å². The molecule has 0 fully saturated rings. The minimum atomic E-state index is -0.604. The van der Waals surface area contributed by atoms with E-state index in [-0.39, 0.29) is 49.1 Å². The van der Waals surface area contributed by atoms with Gasteiger partial charge in [-0.15, -0.1) is 24.8 Å². The Kier molecular flexibility index (Phi) is 11.3. The van der Waals surface area contributed by atoms with E-state index in [9.17, 15) is 9.59 Å². The van der Waals surface area contributed by atoms with Crippen LogP contribution < -0.4 is 16.4 Å². The van der Waals surface area contributed by atoms with Crippen LogP contribution in [0, 0.1) is 5.92 Å². The van der Waals surface area contributed by atoms with E-state index in [2.05, 4.69) is 15.6 Å². The van der Waals surface area contributed by atoms with Crippen LogP contribution in [0.2, 0.25) is 0 Å². The standard InChI is InChI=1S/C19H24N4O2.2ClH/c1-13(2)18(20)19(25)23-12-17(24)22-10-14-5-7-15(8-6-14)16-4-3-9-21-11-16;;/h3-9,11,13,18H,10,12,20H2,1-2H3,(H,22,24)(H,23,25);2*1H/t18-;;/m0../s1.